The summed E-state index contributed by atoms with van der Waals surface area (Å²) >= 11 is 1.45. The fourth-order valence-corrected chi connectivity index (χ4v) is 4.41. The Morgan fingerprint density at radius 3 is 2.74 bits per heavy atom. The van der Waals surface area contributed by atoms with Crippen LogP contribution >= 0.6 is 11.3 Å². The highest BCUT2D eigenvalue weighted by atomic mass is 32.1. The molecule has 1 amide bonds. The van der Waals surface area contributed by atoms with Crippen molar-refractivity contribution in [1.82, 2.24) is 9.97 Å². The van der Waals surface area contributed by atoms with E-state index in [-0.39, 0.29) is 5.91 Å². The van der Waals surface area contributed by atoms with E-state index < -0.39 is 0 Å². The normalized spacial score (nSPS) is 14.0. The Kier molecular flexibility index (Phi) is 5.36. The van der Waals surface area contributed by atoms with Crippen LogP contribution in [0.25, 0.3) is 22.2 Å². The lowest BCUT2D eigenvalue weighted by atomic mass is 10.1. The van der Waals surface area contributed by atoms with Crippen LogP contribution in [0.4, 0.5) is 10.8 Å². The van der Waals surface area contributed by atoms with E-state index in [2.05, 4.69) is 39.5 Å². The number of morpholine rings is 1. The van der Waals surface area contributed by atoms with E-state index in [0.29, 0.717) is 16.2 Å². The molecule has 0 saturated carbocycles. The van der Waals surface area contributed by atoms with Gasteiger partial charge in [0.2, 0.25) is 0 Å². The standard InChI is InChI=1S/C24H22N4O2S/c1-16-15-25-24(31-16)27-23(29)20-7-3-4-17-8-9-21(26-22(17)20)18-5-2-6-19(14-18)28-10-12-30-13-11-28/h2-9,14-15H,10-13H2,1H3,(H,25,27,29). The fraction of sp³-hybridized carbons (Fsp3) is 0.208. The average Bonchev–Trinajstić information content (AvgIpc) is 3.23. The number of aryl methyl sites for hydroxylation is 1. The van der Waals surface area contributed by atoms with Gasteiger partial charge in [0, 0.05) is 40.8 Å². The van der Waals surface area contributed by atoms with Gasteiger partial charge in [0.05, 0.1) is 30.0 Å². The molecule has 1 aliphatic heterocycles. The number of hydrogen-bond acceptors (Lipinski definition) is 6. The third kappa shape index (κ3) is 4.15. The molecule has 0 atom stereocenters. The molecule has 1 saturated heterocycles. The maximum Gasteiger partial charge on any atom is 0.259 e. The van der Waals surface area contributed by atoms with Crippen molar-refractivity contribution in [2.45, 2.75) is 6.92 Å². The highest BCUT2D eigenvalue weighted by molar-refractivity contribution is 7.15. The summed E-state index contributed by atoms with van der Waals surface area (Å²) in [5, 5.41) is 4.41. The lowest BCUT2D eigenvalue weighted by molar-refractivity contribution is 0.102. The van der Waals surface area contributed by atoms with Crippen molar-refractivity contribution >= 4 is 39.0 Å². The summed E-state index contributed by atoms with van der Waals surface area (Å²) in [5.41, 5.74) is 4.25. The first-order valence-corrected chi connectivity index (χ1v) is 11.1. The van der Waals surface area contributed by atoms with Crippen molar-refractivity contribution in [3.05, 3.63) is 71.2 Å². The minimum Gasteiger partial charge on any atom is -0.378 e. The van der Waals surface area contributed by atoms with Gasteiger partial charge in [-0.1, -0.05) is 30.3 Å². The lowest BCUT2D eigenvalue weighted by Crippen LogP contribution is -2.36. The molecule has 5 rings (SSSR count). The molecule has 1 aliphatic rings. The van der Waals surface area contributed by atoms with E-state index in [9.17, 15) is 4.79 Å². The zero-order valence-corrected chi connectivity index (χ0v) is 18.0. The summed E-state index contributed by atoms with van der Waals surface area (Å²) in [6.45, 7) is 5.22. The molecule has 7 heteroatoms. The maximum atomic E-state index is 12.9. The molecular weight excluding hydrogens is 408 g/mol. The van der Waals surface area contributed by atoms with Gasteiger partial charge in [-0.15, -0.1) is 11.3 Å². The third-order valence-electron chi connectivity index (χ3n) is 5.32. The van der Waals surface area contributed by atoms with Crippen molar-refractivity contribution in [2.24, 2.45) is 0 Å². The van der Waals surface area contributed by atoms with Crippen LogP contribution in [0.5, 0.6) is 0 Å². The van der Waals surface area contributed by atoms with E-state index >= 15 is 0 Å². The quantitative estimate of drug-likeness (QED) is 0.506. The molecule has 3 heterocycles. The van der Waals surface area contributed by atoms with Crippen LogP contribution in [0.3, 0.4) is 0 Å². The number of para-hydroxylation sites is 1. The van der Waals surface area contributed by atoms with Gasteiger partial charge in [0.1, 0.15) is 0 Å². The molecule has 1 N–H and O–H groups in total. The van der Waals surface area contributed by atoms with E-state index in [1.807, 2.05) is 31.2 Å². The lowest BCUT2D eigenvalue weighted by Gasteiger charge is -2.29. The molecular formula is C24H22N4O2S. The van der Waals surface area contributed by atoms with Gasteiger partial charge in [-0.25, -0.2) is 9.97 Å². The molecule has 0 radical (unpaired) electrons. The Bertz CT molecular complexity index is 1250. The van der Waals surface area contributed by atoms with Crippen molar-refractivity contribution in [2.75, 3.05) is 36.5 Å². The summed E-state index contributed by atoms with van der Waals surface area (Å²) in [4.78, 5) is 25.4. The number of nitrogens with one attached hydrogen (secondary N) is 1. The molecule has 156 valence electrons. The SMILES string of the molecule is Cc1cnc(NC(=O)c2cccc3ccc(-c4cccc(N5CCOCC5)c4)nc23)s1. The molecule has 4 aromatic rings. The number of anilines is 2. The fourth-order valence-electron chi connectivity index (χ4n) is 3.75. The number of pyridine rings is 1. The molecule has 0 aliphatic carbocycles. The van der Waals surface area contributed by atoms with Crippen LogP contribution in [0, 0.1) is 6.92 Å². The monoisotopic (exact) mass is 430 g/mol. The van der Waals surface area contributed by atoms with Crippen LogP contribution in [-0.2, 0) is 4.74 Å². The largest absolute Gasteiger partial charge is 0.378 e. The Morgan fingerprint density at radius 2 is 1.94 bits per heavy atom. The molecule has 0 bridgehead atoms. The first-order valence-electron chi connectivity index (χ1n) is 10.2. The van der Waals surface area contributed by atoms with E-state index in [4.69, 9.17) is 9.72 Å². The van der Waals surface area contributed by atoms with Crippen LogP contribution in [0.15, 0.2) is 60.8 Å². The summed E-state index contributed by atoms with van der Waals surface area (Å²) in [7, 11) is 0. The first kappa shape index (κ1) is 19.7. The minimum atomic E-state index is -0.202. The predicted molar refractivity (Wildman–Crippen MR) is 125 cm³/mol. The molecule has 0 unspecified atom stereocenters. The highest BCUT2D eigenvalue weighted by Crippen LogP contribution is 2.27. The molecule has 1 fully saturated rings. The number of ether oxygens (including phenoxy) is 1. The van der Waals surface area contributed by atoms with Gasteiger partial charge in [-0.2, -0.15) is 0 Å². The second-order valence-electron chi connectivity index (χ2n) is 7.45. The number of fused-ring (bicyclic) bond motifs is 1. The second-order valence-corrected chi connectivity index (χ2v) is 8.69. The zero-order chi connectivity index (χ0) is 21.2. The van der Waals surface area contributed by atoms with Crippen LogP contribution < -0.4 is 10.2 Å². The summed E-state index contributed by atoms with van der Waals surface area (Å²) in [6.07, 6.45) is 1.75. The number of rotatable bonds is 4. The predicted octanol–water partition coefficient (Wildman–Crippen LogP) is 4.76. The number of carbonyl (C=O) groups excluding carboxylic acids is 1. The molecule has 2 aromatic heterocycles. The average molecular weight is 431 g/mol. The van der Waals surface area contributed by atoms with Gasteiger partial charge in [0.15, 0.2) is 5.13 Å². The molecule has 2 aromatic carbocycles. The number of thiazole rings is 1. The molecule has 6 nitrogen and oxygen atoms in total. The Balaban J connectivity index is 1.49. The number of benzene rings is 2. The Hall–Kier alpha value is -3.29. The van der Waals surface area contributed by atoms with Gasteiger partial charge in [-0.05, 0) is 31.2 Å². The minimum absolute atomic E-state index is 0.202. The highest BCUT2D eigenvalue weighted by Gasteiger charge is 2.15. The van der Waals surface area contributed by atoms with Gasteiger partial charge in [0.25, 0.3) is 5.91 Å². The first-order chi connectivity index (χ1) is 15.2. The van der Waals surface area contributed by atoms with Crippen LogP contribution in [-0.4, -0.2) is 42.2 Å². The van der Waals surface area contributed by atoms with E-state index in [0.717, 1.165) is 53.5 Å². The van der Waals surface area contributed by atoms with Crippen molar-refractivity contribution in [3.8, 4) is 11.3 Å². The topological polar surface area (TPSA) is 67.4 Å². The van der Waals surface area contributed by atoms with Crippen molar-refractivity contribution in [1.29, 1.82) is 0 Å². The van der Waals surface area contributed by atoms with Crippen molar-refractivity contribution in [3.63, 3.8) is 0 Å². The summed E-state index contributed by atoms with van der Waals surface area (Å²) in [6, 6.07) is 18.1. The van der Waals surface area contributed by atoms with Gasteiger partial charge < -0.3 is 9.64 Å². The number of amides is 1. The zero-order valence-electron chi connectivity index (χ0n) is 17.2. The van der Waals surface area contributed by atoms with E-state index in [1.165, 1.54) is 11.3 Å². The molecule has 0 spiro atoms. The van der Waals surface area contributed by atoms with Crippen LogP contribution in [0.1, 0.15) is 15.2 Å². The smallest absolute Gasteiger partial charge is 0.259 e. The summed E-state index contributed by atoms with van der Waals surface area (Å²) in [5.74, 6) is -0.202. The number of carbonyl (C=O) groups is 1. The summed E-state index contributed by atoms with van der Waals surface area (Å²) < 4.78 is 5.47. The Labute approximate surface area is 184 Å². The Morgan fingerprint density at radius 1 is 1.10 bits per heavy atom. The van der Waals surface area contributed by atoms with Gasteiger partial charge >= 0.3 is 0 Å². The van der Waals surface area contributed by atoms with Crippen molar-refractivity contribution < 1.29 is 9.53 Å². The van der Waals surface area contributed by atoms with Gasteiger partial charge in [-0.3, -0.25) is 10.1 Å². The number of hydrogen-bond donors (Lipinski definition) is 1. The maximum absolute atomic E-state index is 12.9. The number of nitrogens with zero attached hydrogens (tertiary/aromatic N) is 3. The number of aromatic nitrogens is 2. The van der Waals surface area contributed by atoms with Crippen LogP contribution in [0.2, 0.25) is 0 Å². The third-order valence-corrected chi connectivity index (χ3v) is 6.15. The molecule has 31 heavy (non-hydrogen) atoms. The van der Waals surface area contributed by atoms with E-state index in [1.54, 1.807) is 12.3 Å². The second kappa shape index (κ2) is 8.45.